The molecule has 18 heavy (non-hydrogen) atoms. The number of ether oxygens (including phenoxy) is 1. The second-order valence-electron chi connectivity index (χ2n) is 3.89. The molecule has 0 N–H and O–H groups in total. The molecule has 0 unspecified atom stereocenters. The van der Waals surface area contributed by atoms with Crippen LogP contribution in [0.4, 0.5) is 8.78 Å². The number of para-hydroxylation sites is 1. The quantitative estimate of drug-likeness (QED) is 0.726. The van der Waals surface area contributed by atoms with Gasteiger partial charge in [0.15, 0.2) is 17.4 Å². The minimum absolute atomic E-state index is 0.0541. The van der Waals surface area contributed by atoms with Crippen molar-refractivity contribution in [1.82, 2.24) is 0 Å². The van der Waals surface area contributed by atoms with Crippen molar-refractivity contribution in [2.75, 3.05) is 0 Å². The molecule has 0 aromatic heterocycles. The summed E-state index contributed by atoms with van der Waals surface area (Å²) < 4.78 is 32.7. The van der Waals surface area contributed by atoms with Gasteiger partial charge in [0.05, 0.1) is 0 Å². The molecule has 0 heterocycles. The van der Waals surface area contributed by atoms with E-state index in [1.165, 1.54) is 12.1 Å². The lowest BCUT2D eigenvalue weighted by atomic mass is 10.2. The van der Waals surface area contributed by atoms with E-state index in [1.54, 1.807) is 25.1 Å². The Bertz CT molecular complexity index is 546. The summed E-state index contributed by atoms with van der Waals surface area (Å²) in [6.07, 6.45) is 0. The number of halogens is 3. The Kier molecular flexibility index (Phi) is 3.82. The molecule has 0 atom stereocenters. The molecule has 2 aromatic carbocycles. The van der Waals surface area contributed by atoms with E-state index in [2.05, 4.69) is 0 Å². The van der Waals surface area contributed by atoms with E-state index in [9.17, 15) is 8.78 Å². The number of rotatable bonds is 3. The Morgan fingerprint density at radius 3 is 2.28 bits per heavy atom. The number of hydrogen-bond acceptors (Lipinski definition) is 1. The summed E-state index contributed by atoms with van der Waals surface area (Å²) >= 11 is 5.53. The second-order valence-corrected chi connectivity index (χ2v) is 4.16. The van der Waals surface area contributed by atoms with Crippen molar-refractivity contribution in [1.29, 1.82) is 0 Å². The Balaban J connectivity index is 2.38. The van der Waals surface area contributed by atoms with Gasteiger partial charge in [-0.25, -0.2) is 8.78 Å². The Labute approximate surface area is 109 Å². The molecule has 0 fully saturated rings. The smallest absolute Gasteiger partial charge is 0.198 e. The minimum Gasteiger partial charge on any atom is -0.451 e. The maximum atomic E-state index is 13.7. The van der Waals surface area contributed by atoms with E-state index in [0.717, 1.165) is 5.56 Å². The summed E-state index contributed by atoms with van der Waals surface area (Å²) in [7, 11) is 0. The predicted octanol–water partition coefficient (Wildman–Crippen LogP) is 4.80. The molecule has 0 aliphatic rings. The van der Waals surface area contributed by atoms with Crippen molar-refractivity contribution < 1.29 is 13.5 Å². The lowest BCUT2D eigenvalue weighted by Gasteiger charge is -2.10. The zero-order chi connectivity index (χ0) is 13.1. The number of hydrogen-bond donors (Lipinski definition) is 0. The number of alkyl halides is 1. The summed E-state index contributed by atoms with van der Waals surface area (Å²) in [5.41, 5.74) is 1.18. The van der Waals surface area contributed by atoms with E-state index in [1.807, 2.05) is 6.07 Å². The summed E-state index contributed by atoms with van der Waals surface area (Å²) in [4.78, 5) is 0. The van der Waals surface area contributed by atoms with Crippen LogP contribution >= 0.6 is 11.6 Å². The van der Waals surface area contributed by atoms with Gasteiger partial charge in [-0.15, -0.1) is 11.6 Å². The van der Waals surface area contributed by atoms with Crippen LogP contribution in [0, 0.1) is 18.6 Å². The van der Waals surface area contributed by atoms with Crippen molar-refractivity contribution in [3.63, 3.8) is 0 Å². The van der Waals surface area contributed by atoms with Crippen LogP contribution in [0.15, 0.2) is 36.4 Å². The molecule has 0 aliphatic heterocycles. The van der Waals surface area contributed by atoms with Crippen LogP contribution in [0.3, 0.4) is 0 Å². The molecular formula is C14H11ClF2O. The standard InChI is InChI=1S/C14H11ClF2O/c1-9-4-2-3-5-13(9)18-14-11(16)6-10(8-15)7-12(14)17/h2-7H,8H2,1H3. The Morgan fingerprint density at radius 1 is 1.11 bits per heavy atom. The number of aryl methyl sites for hydroxylation is 1. The highest BCUT2D eigenvalue weighted by atomic mass is 35.5. The summed E-state index contributed by atoms with van der Waals surface area (Å²) in [6, 6.07) is 9.37. The number of benzene rings is 2. The molecule has 2 aromatic rings. The summed E-state index contributed by atoms with van der Waals surface area (Å²) in [5, 5.41) is 0. The van der Waals surface area contributed by atoms with Gasteiger partial charge in [-0.2, -0.15) is 0 Å². The molecular weight excluding hydrogens is 258 g/mol. The van der Waals surface area contributed by atoms with Crippen LogP contribution in [-0.4, -0.2) is 0 Å². The molecule has 0 saturated heterocycles. The van der Waals surface area contributed by atoms with Gasteiger partial charge in [-0.1, -0.05) is 18.2 Å². The fourth-order valence-electron chi connectivity index (χ4n) is 1.57. The fourth-order valence-corrected chi connectivity index (χ4v) is 1.72. The molecule has 0 radical (unpaired) electrons. The maximum Gasteiger partial charge on any atom is 0.198 e. The van der Waals surface area contributed by atoms with E-state index >= 15 is 0 Å². The van der Waals surface area contributed by atoms with E-state index in [4.69, 9.17) is 16.3 Å². The van der Waals surface area contributed by atoms with Crippen LogP contribution < -0.4 is 4.74 Å². The molecule has 0 bridgehead atoms. The van der Waals surface area contributed by atoms with Gasteiger partial charge >= 0.3 is 0 Å². The van der Waals surface area contributed by atoms with E-state index < -0.39 is 17.4 Å². The third kappa shape index (κ3) is 2.62. The Hall–Kier alpha value is -1.61. The van der Waals surface area contributed by atoms with Crippen LogP contribution in [0.25, 0.3) is 0 Å². The van der Waals surface area contributed by atoms with Crippen molar-refractivity contribution >= 4 is 11.6 Å². The van der Waals surface area contributed by atoms with Gasteiger partial charge in [0, 0.05) is 5.88 Å². The zero-order valence-corrected chi connectivity index (χ0v) is 10.5. The van der Waals surface area contributed by atoms with Gasteiger partial charge < -0.3 is 4.74 Å². The molecule has 2 rings (SSSR count). The molecule has 0 saturated carbocycles. The maximum absolute atomic E-state index is 13.7. The van der Waals surface area contributed by atoms with Gasteiger partial charge in [-0.05, 0) is 36.2 Å². The van der Waals surface area contributed by atoms with Gasteiger partial charge in [0.25, 0.3) is 0 Å². The van der Waals surface area contributed by atoms with Crippen LogP contribution in [0.5, 0.6) is 11.5 Å². The first-order valence-electron chi connectivity index (χ1n) is 5.39. The lowest BCUT2D eigenvalue weighted by molar-refractivity contribution is 0.405. The topological polar surface area (TPSA) is 9.23 Å². The molecule has 0 spiro atoms. The third-order valence-corrected chi connectivity index (χ3v) is 2.83. The van der Waals surface area contributed by atoms with Gasteiger partial charge in [0.1, 0.15) is 5.75 Å². The van der Waals surface area contributed by atoms with E-state index in [0.29, 0.717) is 11.3 Å². The average molecular weight is 269 g/mol. The largest absolute Gasteiger partial charge is 0.451 e. The van der Waals surface area contributed by atoms with Crippen molar-refractivity contribution in [3.05, 3.63) is 59.2 Å². The lowest BCUT2D eigenvalue weighted by Crippen LogP contribution is -1.96. The highest BCUT2D eigenvalue weighted by Gasteiger charge is 2.14. The first kappa shape index (κ1) is 12.8. The summed E-state index contributed by atoms with van der Waals surface area (Å²) in [6.45, 7) is 1.80. The van der Waals surface area contributed by atoms with Crippen molar-refractivity contribution in [2.45, 2.75) is 12.8 Å². The third-order valence-electron chi connectivity index (χ3n) is 2.52. The monoisotopic (exact) mass is 268 g/mol. The molecule has 1 nitrogen and oxygen atoms in total. The highest BCUT2D eigenvalue weighted by Crippen LogP contribution is 2.30. The zero-order valence-electron chi connectivity index (χ0n) is 9.71. The van der Waals surface area contributed by atoms with Crippen molar-refractivity contribution in [3.8, 4) is 11.5 Å². The van der Waals surface area contributed by atoms with Crippen LogP contribution in [-0.2, 0) is 5.88 Å². The fraction of sp³-hybridized carbons (Fsp3) is 0.143. The normalized spacial score (nSPS) is 10.4. The Morgan fingerprint density at radius 2 is 1.72 bits per heavy atom. The first-order chi connectivity index (χ1) is 8.61. The van der Waals surface area contributed by atoms with Crippen molar-refractivity contribution in [2.24, 2.45) is 0 Å². The molecule has 4 heteroatoms. The predicted molar refractivity (Wildman–Crippen MR) is 67.2 cm³/mol. The van der Waals surface area contributed by atoms with Gasteiger partial charge in [-0.3, -0.25) is 0 Å². The van der Waals surface area contributed by atoms with E-state index in [-0.39, 0.29) is 5.88 Å². The first-order valence-corrected chi connectivity index (χ1v) is 5.92. The van der Waals surface area contributed by atoms with Crippen LogP contribution in [0.2, 0.25) is 0 Å². The minimum atomic E-state index is -0.756. The molecule has 0 aliphatic carbocycles. The highest BCUT2D eigenvalue weighted by molar-refractivity contribution is 6.17. The summed E-state index contributed by atoms with van der Waals surface area (Å²) in [5.74, 6) is -1.44. The SMILES string of the molecule is Cc1ccccc1Oc1c(F)cc(CCl)cc1F. The average Bonchev–Trinajstić information content (AvgIpc) is 2.35. The van der Waals surface area contributed by atoms with Gasteiger partial charge in [0.2, 0.25) is 0 Å². The second kappa shape index (κ2) is 5.36. The molecule has 0 amide bonds. The van der Waals surface area contributed by atoms with Crippen LogP contribution in [0.1, 0.15) is 11.1 Å². The molecule has 94 valence electrons.